The summed E-state index contributed by atoms with van der Waals surface area (Å²) in [6.07, 6.45) is 6.43. The fourth-order valence-corrected chi connectivity index (χ4v) is 1.16. The van der Waals surface area contributed by atoms with Crippen LogP contribution in [0.3, 0.4) is 0 Å². The van der Waals surface area contributed by atoms with Crippen LogP contribution >= 0.6 is 0 Å². The SMILES string of the molecule is C#CCC(C)(CCC)OC(N)=O. The molecule has 0 aromatic rings. The summed E-state index contributed by atoms with van der Waals surface area (Å²) in [6, 6.07) is 0. The van der Waals surface area contributed by atoms with Gasteiger partial charge >= 0.3 is 6.09 Å². The average molecular weight is 169 g/mol. The van der Waals surface area contributed by atoms with Gasteiger partial charge < -0.3 is 10.5 Å². The van der Waals surface area contributed by atoms with Crippen molar-refractivity contribution >= 4 is 6.09 Å². The fraction of sp³-hybridized carbons (Fsp3) is 0.667. The quantitative estimate of drug-likeness (QED) is 0.651. The fourth-order valence-electron chi connectivity index (χ4n) is 1.16. The molecule has 0 heterocycles. The third-order valence-corrected chi connectivity index (χ3v) is 1.60. The van der Waals surface area contributed by atoms with E-state index in [0.29, 0.717) is 6.42 Å². The summed E-state index contributed by atoms with van der Waals surface area (Å²) >= 11 is 0. The summed E-state index contributed by atoms with van der Waals surface area (Å²) in [7, 11) is 0. The van der Waals surface area contributed by atoms with Crippen molar-refractivity contribution in [1.29, 1.82) is 0 Å². The maximum Gasteiger partial charge on any atom is 0.405 e. The van der Waals surface area contributed by atoms with Crippen LogP contribution in [0.5, 0.6) is 0 Å². The van der Waals surface area contributed by atoms with Crippen molar-refractivity contribution in [2.45, 2.75) is 38.7 Å². The molecule has 0 saturated heterocycles. The smallest absolute Gasteiger partial charge is 0.405 e. The Kier molecular flexibility index (Phi) is 4.20. The van der Waals surface area contributed by atoms with Crippen LogP contribution in [0.25, 0.3) is 0 Å². The van der Waals surface area contributed by atoms with Gasteiger partial charge in [0.2, 0.25) is 0 Å². The van der Waals surface area contributed by atoms with E-state index in [4.69, 9.17) is 16.9 Å². The second kappa shape index (κ2) is 4.66. The van der Waals surface area contributed by atoms with Gasteiger partial charge in [-0.1, -0.05) is 13.3 Å². The van der Waals surface area contributed by atoms with Crippen molar-refractivity contribution < 1.29 is 9.53 Å². The molecule has 0 aliphatic carbocycles. The van der Waals surface area contributed by atoms with Crippen molar-refractivity contribution in [2.75, 3.05) is 0 Å². The maximum absolute atomic E-state index is 10.5. The molecule has 1 amide bonds. The normalized spacial score (nSPS) is 14.4. The first kappa shape index (κ1) is 10.8. The Morgan fingerprint density at radius 1 is 1.75 bits per heavy atom. The highest BCUT2D eigenvalue weighted by Gasteiger charge is 2.25. The van der Waals surface area contributed by atoms with Crippen molar-refractivity contribution in [3.8, 4) is 12.3 Å². The predicted octanol–water partition coefficient (Wildman–Crippen LogP) is 1.66. The molecule has 12 heavy (non-hydrogen) atoms. The van der Waals surface area contributed by atoms with Gasteiger partial charge in [0.15, 0.2) is 0 Å². The van der Waals surface area contributed by atoms with Crippen molar-refractivity contribution in [3.05, 3.63) is 0 Å². The van der Waals surface area contributed by atoms with Crippen LogP contribution in [0.4, 0.5) is 4.79 Å². The minimum Gasteiger partial charge on any atom is -0.442 e. The van der Waals surface area contributed by atoms with Crippen LogP contribution in [0.15, 0.2) is 0 Å². The molecule has 0 radical (unpaired) electrons. The number of carbonyl (C=O) groups excluding carboxylic acids is 1. The third kappa shape index (κ3) is 3.87. The Balaban J connectivity index is 4.19. The Labute approximate surface area is 73.3 Å². The van der Waals surface area contributed by atoms with Crippen LogP contribution in [-0.2, 0) is 4.74 Å². The van der Waals surface area contributed by atoms with E-state index < -0.39 is 11.7 Å². The topological polar surface area (TPSA) is 52.3 Å². The van der Waals surface area contributed by atoms with Crippen molar-refractivity contribution in [2.24, 2.45) is 5.73 Å². The molecular weight excluding hydrogens is 154 g/mol. The molecule has 3 heteroatoms. The van der Waals surface area contributed by atoms with Gasteiger partial charge in [0.1, 0.15) is 5.60 Å². The lowest BCUT2D eigenvalue weighted by atomic mass is 9.97. The van der Waals surface area contributed by atoms with E-state index in [-0.39, 0.29) is 0 Å². The number of carbonyl (C=O) groups is 1. The van der Waals surface area contributed by atoms with Crippen LogP contribution in [0.2, 0.25) is 0 Å². The number of nitrogens with two attached hydrogens (primary N) is 1. The van der Waals surface area contributed by atoms with E-state index in [1.54, 1.807) is 6.92 Å². The zero-order chi connectivity index (χ0) is 9.61. The molecule has 0 fully saturated rings. The number of ether oxygens (including phenoxy) is 1. The van der Waals surface area contributed by atoms with Crippen molar-refractivity contribution in [3.63, 3.8) is 0 Å². The standard InChI is InChI=1S/C9H15NO2/c1-4-6-9(3,7-5-2)12-8(10)11/h1H,5-7H2,2-3H3,(H2,10,11). The lowest BCUT2D eigenvalue weighted by Crippen LogP contribution is -2.33. The number of primary amides is 1. The van der Waals surface area contributed by atoms with Gasteiger partial charge in [-0.05, 0) is 13.3 Å². The zero-order valence-corrected chi connectivity index (χ0v) is 7.59. The predicted molar refractivity (Wildman–Crippen MR) is 47.4 cm³/mol. The first-order chi connectivity index (χ1) is 5.54. The minimum atomic E-state index is -0.763. The molecule has 0 rings (SSSR count). The Bertz CT molecular complexity index is 195. The van der Waals surface area contributed by atoms with Crippen LogP contribution < -0.4 is 5.73 Å². The van der Waals surface area contributed by atoms with E-state index in [2.05, 4.69) is 5.92 Å². The summed E-state index contributed by atoms with van der Waals surface area (Å²) in [5, 5.41) is 0. The van der Waals surface area contributed by atoms with Crippen LogP contribution in [0, 0.1) is 12.3 Å². The summed E-state index contributed by atoms with van der Waals surface area (Å²) in [4.78, 5) is 10.5. The number of hydrogen-bond acceptors (Lipinski definition) is 2. The summed E-state index contributed by atoms with van der Waals surface area (Å²) in [5.41, 5.74) is 4.32. The highest BCUT2D eigenvalue weighted by atomic mass is 16.6. The average Bonchev–Trinajstić information content (AvgIpc) is 1.85. The van der Waals surface area contributed by atoms with Gasteiger partial charge in [-0.15, -0.1) is 12.3 Å². The van der Waals surface area contributed by atoms with Gasteiger partial charge in [-0.2, -0.15) is 0 Å². The molecule has 3 nitrogen and oxygen atoms in total. The van der Waals surface area contributed by atoms with E-state index in [9.17, 15) is 4.79 Å². The van der Waals surface area contributed by atoms with Gasteiger partial charge in [-0.25, -0.2) is 4.79 Å². The lowest BCUT2D eigenvalue weighted by Gasteiger charge is -2.25. The molecule has 0 aromatic heterocycles. The van der Waals surface area contributed by atoms with Crippen LogP contribution in [-0.4, -0.2) is 11.7 Å². The summed E-state index contributed by atoms with van der Waals surface area (Å²) in [5.74, 6) is 2.47. The van der Waals surface area contributed by atoms with E-state index >= 15 is 0 Å². The molecule has 1 unspecified atom stereocenters. The summed E-state index contributed by atoms with van der Waals surface area (Å²) in [6.45, 7) is 3.79. The highest BCUT2D eigenvalue weighted by Crippen LogP contribution is 2.21. The highest BCUT2D eigenvalue weighted by molar-refractivity contribution is 5.65. The molecule has 0 bridgehead atoms. The zero-order valence-electron chi connectivity index (χ0n) is 7.59. The van der Waals surface area contributed by atoms with E-state index in [1.807, 2.05) is 6.92 Å². The number of amides is 1. The second-order valence-electron chi connectivity index (χ2n) is 3.00. The number of rotatable bonds is 4. The molecule has 68 valence electrons. The van der Waals surface area contributed by atoms with E-state index in [1.165, 1.54) is 0 Å². The molecule has 2 N–H and O–H groups in total. The number of terminal acetylenes is 1. The van der Waals surface area contributed by atoms with Crippen molar-refractivity contribution in [1.82, 2.24) is 0 Å². The number of hydrogen-bond donors (Lipinski definition) is 1. The molecule has 0 aliphatic heterocycles. The molecule has 0 saturated carbocycles. The first-order valence-electron chi connectivity index (χ1n) is 3.96. The first-order valence-corrected chi connectivity index (χ1v) is 3.96. The Morgan fingerprint density at radius 2 is 2.33 bits per heavy atom. The third-order valence-electron chi connectivity index (χ3n) is 1.60. The second-order valence-corrected chi connectivity index (χ2v) is 3.00. The molecular formula is C9H15NO2. The lowest BCUT2D eigenvalue weighted by molar-refractivity contribution is 0.0278. The van der Waals surface area contributed by atoms with Gasteiger partial charge in [-0.3, -0.25) is 0 Å². The molecule has 1 atom stereocenters. The summed E-state index contributed by atoms with van der Waals surface area (Å²) < 4.78 is 4.92. The van der Waals surface area contributed by atoms with Crippen LogP contribution in [0.1, 0.15) is 33.1 Å². The molecule has 0 aliphatic rings. The maximum atomic E-state index is 10.5. The molecule has 0 spiro atoms. The monoisotopic (exact) mass is 169 g/mol. The van der Waals surface area contributed by atoms with E-state index in [0.717, 1.165) is 12.8 Å². The Hall–Kier alpha value is -1.17. The molecule has 0 aromatic carbocycles. The Morgan fingerprint density at radius 3 is 2.67 bits per heavy atom. The van der Waals surface area contributed by atoms with Gasteiger partial charge in [0.25, 0.3) is 0 Å². The minimum absolute atomic E-state index is 0.407. The van der Waals surface area contributed by atoms with Gasteiger partial charge in [0.05, 0.1) is 0 Å². The largest absolute Gasteiger partial charge is 0.442 e. The van der Waals surface area contributed by atoms with Gasteiger partial charge in [0, 0.05) is 6.42 Å².